The van der Waals surface area contributed by atoms with Gasteiger partial charge in [-0.3, -0.25) is 5.10 Å². The lowest BCUT2D eigenvalue weighted by molar-refractivity contribution is 0.367. The zero-order chi connectivity index (χ0) is 20.5. The summed E-state index contributed by atoms with van der Waals surface area (Å²) >= 11 is 0. The van der Waals surface area contributed by atoms with Crippen LogP contribution in [0.2, 0.25) is 0 Å². The van der Waals surface area contributed by atoms with Gasteiger partial charge in [0.2, 0.25) is 10.0 Å². The zero-order valence-electron chi connectivity index (χ0n) is 16.3. The Morgan fingerprint density at radius 3 is 2.46 bits per heavy atom. The lowest BCUT2D eigenvalue weighted by Gasteiger charge is -2.30. The quantitative estimate of drug-likeness (QED) is 0.809. The van der Waals surface area contributed by atoms with Crippen molar-refractivity contribution in [3.63, 3.8) is 0 Å². The normalized spacial score (nSPS) is 20.7. The molecule has 28 heavy (non-hydrogen) atoms. The molecule has 0 spiro atoms. The summed E-state index contributed by atoms with van der Waals surface area (Å²) < 4.78 is 40.3. The van der Waals surface area contributed by atoms with Crippen LogP contribution in [0.25, 0.3) is 11.3 Å². The Hall–Kier alpha value is -2.24. The van der Waals surface area contributed by atoms with Crippen LogP contribution in [0, 0.1) is 17.1 Å². The van der Waals surface area contributed by atoms with Crippen LogP contribution in [0.5, 0.6) is 0 Å². The highest BCUT2D eigenvalue weighted by molar-refractivity contribution is 7.90. The number of sulfonamides is 1. The third-order valence-corrected chi connectivity index (χ3v) is 7.47. The summed E-state index contributed by atoms with van der Waals surface area (Å²) in [5.74, 6) is -0.217. The predicted octanol–water partition coefficient (Wildman–Crippen LogP) is 3.83. The number of nitrogens with zero attached hydrogens (tertiary/aromatic N) is 2. The molecule has 6 nitrogen and oxygen atoms in total. The topological polar surface area (TPSA) is 98.6 Å². The Labute approximate surface area is 165 Å². The van der Waals surface area contributed by atoms with E-state index in [1.165, 1.54) is 12.1 Å². The molecule has 1 heterocycles. The van der Waals surface area contributed by atoms with Crippen LogP contribution >= 0.6 is 0 Å². The Balaban J connectivity index is 1.67. The van der Waals surface area contributed by atoms with Crippen LogP contribution in [0.15, 0.2) is 24.3 Å². The van der Waals surface area contributed by atoms with Crippen molar-refractivity contribution in [3.05, 3.63) is 41.3 Å². The van der Waals surface area contributed by atoms with Crippen LogP contribution in [0.4, 0.5) is 4.39 Å². The van der Waals surface area contributed by atoms with Crippen molar-refractivity contribution in [3.8, 4) is 17.3 Å². The van der Waals surface area contributed by atoms with Gasteiger partial charge in [0.15, 0.2) is 0 Å². The van der Waals surface area contributed by atoms with Gasteiger partial charge in [-0.1, -0.05) is 0 Å². The van der Waals surface area contributed by atoms with Gasteiger partial charge in [-0.05, 0) is 70.7 Å². The lowest BCUT2D eigenvalue weighted by Crippen LogP contribution is -2.45. The largest absolute Gasteiger partial charge is 0.282 e. The number of H-pyrrole nitrogens is 1. The highest BCUT2D eigenvalue weighted by Crippen LogP contribution is 2.34. The first kappa shape index (κ1) is 20.5. The Morgan fingerprint density at radius 2 is 1.86 bits per heavy atom. The van der Waals surface area contributed by atoms with Crippen LogP contribution in [0.1, 0.15) is 63.6 Å². The molecule has 0 unspecified atom stereocenters. The zero-order valence-corrected chi connectivity index (χ0v) is 17.1. The first-order valence-electron chi connectivity index (χ1n) is 9.37. The summed E-state index contributed by atoms with van der Waals surface area (Å²) in [5, 5.41) is 16.3. The van der Waals surface area contributed by atoms with E-state index in [-0.39, 0.29) is 17.5 Å². The van der Waals surface area contributed by atoms with Gasteiger partial charge in [-0.2, -0.15) is 10.4 Å². The molecule has 2 N–H and O–H groups in total. The summed E-state index contributed by atoms with van der Waals surface area (Å²) in [6, 6.07) is 7.95. The number of nitriles is 1. The van der Waals surface area contributed by atoms with Gasteiger partial charge in [0.05, 0.1) is 22.1 Å². The van der Waals surface area contributed by atoms with Gasteiger partial charge < -0.3 is 0 Å². The van der Waals surface area contributed by atoms with Crippen molar-refractivity contribution < 1.29 is 12.8 Å². The Kier molecular flexibility index (Phi) is 5.60. The molecule has 0 radical (unpaired) electrons. The highest BCUT2D eigenvalue weighted by atomic mass is 32.2. The van der Waals surface area contributed by atoms with Gasteiger partial charge in [0.1, 0.15) is 5.82 Å². The van der Waals surface area contributed by atoms with E-state index in [9.17, 15) is 12.8 Å². The fraction of sp³-hybridized carbons (Fsp3) is 0.500. The summed E-state index contributed by atoms with van der Waals surface area (Å²) in [5.41, 5.74) is 2.37. The Bertz CT molecular complexity index is 994. The maximum atomic E-state index is 13.7. The van der Waals surface area contributed by atoms with E-state index >= 15 is 0 Å². The van der Waals surface area contributed by atoms with Crippen molar-refractivity contribution in [2.75, 3.05) is 0 Å². The molecule has 2 aromatic rings. The maximum Gasteiger partial charge on any atom is 0.216 e. The third kappa shape index (κ3) is 4.42. The van der Waals surface area contributed by atoms with E-state index < -0.39 is 20.6 Å². The minimum atomic E-state index is -3.35. The SMILES string of the molecule is CC(C)(C)S(=O)(=O)NC1CCC(c2cc(-c3cc(F)cc(C#N)c3)n[nH]2)CC1. The van der Waals surface area contributed by atoms with Gasteiger partial charge in [0.25, 0.3) is 0 Å². The van der Waals surface area contributed by atoms with Crippen molar-refractivity contribution in [2.24, 2.45) is 0 Å². The molecule has 0 bridgehead atoms. The fourth-order valence-corrected chi connectivity index (χ4v) is 4.44. The maximum absolute atomic E-state index is 13.7. The molecule has 1 aliphatic rings. The predicted molar refractivity (Wildman–Crippen MR) is 106 cm³/mol. The smallest absolute Gasteiger partial charge is 0.216 e. The molecule has 1 fully saturated rings. The van der Waals surface area contributed by atoms with E-state index in [1.807, 2.05) is 12.1 Å². The molecule has 150 valence electrons. The fourth-order valence-electron chi connectivity index (χ4n) is 3.41. The standard InChI is InChI=1S/C20H25FN4O2S/c1-20(2,3)28(26,27)25-17-6-4-14(5-7-17)18-11-19(24-23-18)15-8-13(12-22)9-16(21)10-15/h8-11,14,17,25H,4-7H2,1-3H3,(H,23,24). The first-order chi connectivity index (χ1) is 13.1. The highest BCUT2D eigenvalue weighted by Gasteiger charge is 2.33. The van der Waals surface area contributed by atoms with E-state index in [4.69, 9.17) is 5.26 Å². The number of halogens is 1. The second-order valence-corrected chi connectivity index (χ2v) is 10.8. The van der Waals surface area contributed by atoms with Gasteiger partial charge in [0, 0.05) is 23.2 Å². The molecule has 1 aliphatic carbocycles. The number of nitrogens with one attached hydrogen (secondary N) is 2. The van der Waals surface area contributed by atoms with E-state index in [2.05, 4.69) is 14.9 Å². The molecule has 0 amide bonds. The number of aromatic amines is 1. The Morgan fingerprint density at radius 1 is 1.18 bits per heavy atom. The van der Waals surface area contributed by atoms with Crippen LogP contribution in [-0.2, 0) is 10.0 Å². The number of rotatable bonds is 4. The molecule has 0 atom stereocenters. The molecule has 1 saturated carbocycles. The van der Waals surface area contributed by atoms with Crippen molar-refractivity contribution in [1.82, 2.24) is 14.9 Å². The average molecular weight is 405 g/mol. The molecular formula is C20H25FN4O2S. The van der Waals surface area contributed by atoms with E-state index in [0.29, 0.717) is 11.3 Å². The molecular weight excluding hydrogens is 379 g/mol. The summed E-state index contributed by atoms with van der Waals surface area (Å²) in [7, 11) is -3.35. The second-order valence-electron chi connectivity index (χ2n) is 8.33. The minimum absolute atomic E-state index is 0.0516. The van der Waals surface area contributed by atoms with Crippen molar-refractivity contribution in [1.29, 1.82) is 5.26 Å². The number of benzene rings is 1. The van der Waals surface area contributed by atoms with Gasteiger partial charge >= 0.3 is 0 Å². The molecule has 0 saturated heterocycles. The summed E-state index contributed by atoms with van der Waals surface area (Å²) in [6.07, 6.45) is 3.19. The first-order valence-corrected chi connectivity index (χ1v) is 10.9. The molecule has 3 rings (SSSR count). The van der Waals surface area contributed by atoms with E-state index in [1.54, 1.807) is 26.8 Å². The molecule has 1 aromatic carbocycles. The summed E-state index contributed by atoms with van der Waals surface area (Å²) in [6.45, 7) is 5.08. The molecule has 8 heteroatoms. The lowest BCUT2D eigenvalue weighted by atomic mass is 9.84. The minimum Gasteiger partial charge on any atom is -0.282 e. The number of hydrogen-bond donors (Lipinski definition) is 2. The molecule has 1 aromatic heterocycles. The van der Waals surface area contributed by atoms with Gasteiger partial charge in [-0.15, -0.1) is 0 Å². The van der Waals surface area contributed by atoms with E-state index in [0.717, 1.165) is 31.4 Å². The summed E-state index contributed by atoms with van der Waals surface area (Å²) in [4.78, 5) is 0. The van der Waals surface area contributed by atoms with Crippen LogP contribution in [0.3, 0.4) is 0 Å². The average Bonchev–Trinajstić information content (AvgIpc) is 3.10. The monoisotopic (exact) mass is 404 g/mol. The van der Waals surface area contributed by atoms with Crippen LogP contribution < -0.4 is 4.72 Å². The third-order valence-electron chi connectivity index (χ3n) is 5.22. The van der Waals surface area contributed by atoms with Crippen molar-refractivity contribution >= 4 is 10.0 Å². The van der Waals surface area contributed by atoms with Crippen molar-refractivity contribution in [2.45, 2.75) is 63.2 Å². The molecule has 0 aliphatic heterocycles. The number of hydrogen-bond acceptors (Lipinski definition) is 4. The van der Waals surface area contributed by atoms with Gasteiger partial charge in [-0.25, -0.2) is 17.5 Å². The van der Waals surface area contributed by atoms with Crippen LogP contribution in [-0.4, -0.2) is 29.4 Å². The number of aromatic nitrogens is 2. The second kappa shape index (κ2) is 7.64.